The lowest BCUT2D eigenvalue weighted by Gasteiger charge is -2.12. The fraction of sp³-hybridized carbons (Fsp3) is 0.143. The molecule has 0 aliphatic heterocycles. The molecule has 0 saturated carbocycles. The summed E-state index contributed by atoms with van der Waals surface area (Å²) in [6, 6.07) is 21.7. The summed E-state index contributed by atoms with van der Waals surface area (Å²) in [6.45, 7) is 0. The third kappa shape index (κ3) is 6.31. The highest BCUT2D eigenvalue weighted by Crippen LogP contribution is 2.27. The van der Waals surface area contributed by atoms with Crippen molar-refractivity contribution in [1.82, 2.24) is 4.90 Å². The Balaban J connectivity index is 1.50. The Morgan fingerprint density at radius 2 is 1.54 bits per heavy atom. The summed E-state index contributed by atoms with van der Waals surface area (Å²) >= 11 is 11.9. The summed E-state index contributed by atoms with van der Waals surface area (Å²) in [5, 5.41) is 1.88. The molecule has 4 rings (SSSR count). The number of hydrogen-bond acceptors (Lipinski definition) is 4. The number of amides is 1. The first-order chi connectivity index (χ1) is 17.5. The predicted octanol–water partition coefficient (Wildman–Crippen LogP) is 6.46. The number of carbonyl (C=O) groups is 2. The van der Waals surface area contributed by atoms with Gasteiger partial charge in [-0.25, -0.2) is 8.42 Å². The zero-order valence-electron chi connectivity index (χ0n) is 20.2. The van der Waals surface area contributed by atoms with Gasteiger partial charge in [0.25, 0.3) is 15.9 Å². The molecule has 190 valence electrons. The molecule has 0 saturated heterocycles. The molecule has 0 spiro atoms. The summed E-state index contributed by atoms with van der Waals surface area (Å²) in [7, 11) is -0.514. The number of benzene rings is 4. The lowest BCUT2D eigenvalue weighted by molar-refractivity contribution is 0.0827. The molecule has 4 aromatic rings. The normalized spacial score (nSPS) is 11.4. The first-order valence-electron chi connectivity index (χ1n) is 11.4. The number of aryl methyl sites for hydroxylation is 1. The minimum atomic E-state index is -3.92. The number of anilines is 1. The van der Waals surface area contributed by atoms with Gasteiger partial charge >= 0.3 is 0 Å². The summed E-state index contributed by atoms with van der Waals surface area (Å²) in [5.41, 5.74) is 2.47. The molecule has 6 nitrogen and oxygen atoms in total. The van der Waals surface area contributed by atoms with Crippen LogP contribution in [-0.4, -0.2) is 39.1 Å². The van der Waals surface area contributed by atoms with E-state index < -0.39 is 10.0 Å². The SMILES string of the molecule is CN(C)C(=O)c1ccc(CCC(=O)c2cccc3cc(NS(=O)(=O)c4cc(Cl)cc(Cl)c4)ccc23)cc1. The predicted molar refractivity (Wildman–Crippen MR) is 148 cm³/mol. The number of fused-ring (bicyclic) bond motifs is 1. The van der Waals surface area contributed by atoms with E-state index in [0.717, 1.165) is 16.3 Å². The molecule has 0 fully saturated rings. The quantitative estimate of drug-likeness (QED) is 0.253. The topological polar surface area (TPSA) is 83.6 Å². The smallest absolute Gasteiger partial charge is 0.261 e. The molecule has 9 heteroatoms. The van der Waals surface area contributed by atoms with Crippen molar-refractivity contribution in [2.75, 3.05) is 18.8 Å². The lowest BCUT2D eigenvalue weighted by atomic mass is 9.97. The maximum absolute atomic E-state index is 13.1. The highest BCUT2D eigenvalue weighted by Gasteiger charge is 2.17. The molecular formula is C28H24Cl2N2O4S. The average Bonchev–Trinajstić information content (AvgIpc) is 2.85. The molecule has 4 aromatic carbocycles. The molecule has 0 bridgehead atoms. The second-order valence-electron chi connectivity index (χ2n) is 8.77. The van der Waals surface area contributed by atoms with Gasteiger partial charge in [0.15, 0.2) is 5.78 Å². The van der Waals surface area contributed by atoms with Crippen LogP contribution in [0.3, 0.4) is 0 Å². The number of rotatable bonds is 8. The van der Waals surface area contributed by atoms with Gasteiger partial charge in [-0.05, 0) is 65.2 Å². The van der Waals surface area contributed by atoms with Crippen molar-refractivity contribution in [2.24, 2.45) is 0 Å². The van der Waals surface area contributed by atoms with E-state index in [9.17, 15) is 18.0 Å². The minimum Gasteiger partial charge on any atom is -0.345 e. The Bertz CT molecular complexity index is 1580. The molecule has 0 aromatic heterocycles. The summed E-state index contributed by atoms with van der Waals surface area (Å²) in [4.78, 5) is 26.6. The van der Waals surface area contributed by atoms with E-state index in [0.29, 0.717) is 29.7 Å². The number of carbonyl (C=O) groups excluding carboxylic acids is 2. The van der Waals surface area contributed by atoms with Crippen LogP contribution in [0.5, 0.6) is 0 Å². The van der Waals surface area contributed by atoms with Gasteiger partial charge in [-0.2, -0.15) is 0 Å². The van der Waals surface area contributed by atoms with Crippen LogP contribution in [0.25, 0.3) is 10.8 Å². The van der Waals surface area contributed by atoms with Crippen molar-refractivity contribution in [3.05, 3.63) is 106 Å². The minimum absolute atomic E-state index is 0.0269. The van der Waals surface area contributed by atoms with E-state index in [1.54, 1.807) is 56.6 Å². The molecule has 0 aliphatic rings. The van der Waals surface area contributed by atoms with Crippen LogP contribution in [0, 0.1) is 0 Å². The second-order valence-corrected chi connectivity index (χ2v) is 11.3. The zero-order chi connectivity index (χ0) is 26.7. The van der Waals surface area contributed by atoms with Gasteiger partial charge < -0.3 is 4.90 Å². The number of ketones is 1. The van der Waals surface area contributed by atoms with Crippen LogP contribution in [0.1, 0.15) is 32.7 Å². The van der Waals surface area contributed by atoms with E-state index in [2.05, 4.69) is 4.72 Å². The van der Waals surface area contributed by atoms with Crippen LogP contribution in [0.2, 0.25) is 10.0 Å². The van der Waals surface area contributed by atoms with E-state index >= 15 is 0 Å². The second kappa shape index (κ2) is 10.9. The van der Waals surface area contributed by atoms with Crippen LogP contribution < -0.4 is 4.72 Å². The summed E-state index contributed by atoms with van der Waals surface area (Å²) in [6.07, 6.45) is 0.829. The first-order valence-corrected chi connectivity index (χ1v) is 13.6. The molecule has 37 heavy (non-hydrogen) atoms. The third-order valence-electron chi connectivity index (χ3n) is 5.83. The van der Waals surface area contributed by atoms with Gasteiger partial charge in [-0.15, -0.1) is 0 Å². The van der Waals surface area contributed by atoms with Crippen LogP contribution >= 0.6 is 23.2 Å². The van der Waals surface area contributed by atoms with E-state index in [1.807, 2.05) is 18.2 Å². The van der Waals surface area contributed by atoms with E-state index in [-0.39, 0.29) is 26.6 Å². The number of halogens is 2. The van der Waals surface area contributed by atoms with Gasteiger partial charge in [0.2, 0.25) is 0 Å². The average molecular weight is 555 g/mol. The van der Waals surface area contributed by atoms with Crippen molar-refractivity contribution < 1.29 is 18.0 Å². The van der Waals surface area contributed by atoms with Gasteiger partial charge in [0, 0.05) is 47.4 Å². The molecular weight excluding hydrogens is 531 g/mol. The number of hydrogen-bond donors (Lipinski definition) is 1. The Hall–Kier alpha value is -3.39. The zero-order valence-corrected chi connectivity index (χ0v) is 22.5. The number of Topliss-reactive ketones (excluding diaryl/α,β-unsaturated/α-hetero) is 1. The molecule has 1 amide bonds. The maximum atomic E-state index is 13.1. The molecule has 0 unspecified atom stereocenters. The molecule has 0 radical (unpaired) electrons. The highest BCUT2D eigenvalue weighted by molar-refractivity contribution is 7.92. The highest BCUT2D eigenvalue weighted by atomic mass is 35.5. The van der Waals surface area contributed by atoms with Crippen molar-refractivity contribution in [3.8, 4) is 0 Å². The van der Waals surface area contributed by atoms with Crippen molar-refractivity contribution in [1.29, 1.82) is 0 Å². The monoisotopic (exact) mass is 554 g/mol. The Labute approximate surface area is 225 Å². The number of sulfonamides is 1. The Kier molecular flexibility index (Phi) is 7.87. The summed E-state index contributed by atoms with van der Waals surface area (Å²) < 4.78 is 28.2. The largest absolute Gasteiger partial charge is 0.345 e. The van der Waals surface area contributed by atoms with Gasteiger partial charge in [-0.1, -0.05) is 59.6 Å². The van der Waals surface area contributed by atoms with Crippen molar-refractivity contribution in [2.45, 2.75) is 17.7 Å². The van der Waals surface area contributed by atoms with Gasteiger partial charge in [-0.3, -0.25) is 14.3 Å². The fourth-order valence-corrected chi connectivity index (χ4v) is 5.73. The molecule has 0 atom stereocenters. The molecule has 0 heterocycles. The number of nitrogens with zero attached hydrogens (tertiary/aromatic N) is 1. The fourth-order valence-electron chi connectivity index (χ4n) is 3.95. The Morgan fingerprint density at radius 3 is 2.19 bits per heavy atom. The van der Waals surface area contributed by atoms with Crippen molar-refractivity contribution >= 4 is 61.4 Å². The third-order valence-corrected chi connectivity index (χ3v) is 7.62. The van der Waals surface area contributed by atoms with Crippen LogP contribution in [0.4, 0.5) is 5.69 Å². The van der Waals surface area contributed by atoms with Crippen LogP contribution in [-0.2, 0) is 16.4 Å². The molecule has 0 aliphatic carbocycles. The summed E-state index contributed by atoms with van der Waals surface area (Å²) in [5.74, 6) is -0.0997. The van der Waals surface area contributed by atoms with Crippen molar-refractivity contribution in [3.63, 3.8) is 0 Å². The van der Waals surface area contributed by atoms with E-state index in [1.165, 1.54) is 23.1 Å². The van der Waals surface area contributed by atoms with Gasteiger partial charge in [0.1, 0.15) is 0 Å². The van der Waals surface area contributed by atoms with Crippen LogP contribution in [0.15, 0.2) is 83.8 Å². The lowest BCUT2D eigenvalue weighted by Crippen LogP contribution is -2.21. The standard InChI is InChI=1S/C28H24Cl2N2O4S/c1-32(2)28(34)19-9-6-18(7-10-19)8-13-27(33)26-5-3-4-20-14-23(11-12-25(20)26)31-37(35,36)24-16-21(29)15-22(30)17-24/h3-7,9-12,14-17,31H,8,13H2,1-2H3. The number of nitrogens with one attached hydrogen (secondary N) is 1. The molecule has 1 N–H and O–H groups in total. The van der Waals surface area contributed by atoms with E-state index in [4.69, 9.17) is 23.2 Å². The first kappa shape index (κ1) is 26.7. The maximum Gasteiger partial charge on any atom is 0.261 e. The van der Waals surface area contributed by atoms with Gasteiger partial charge in [0.05, 0.1) is 4.90 Å². The Morgan fingerprint density at radius 1 is 0.865 bits per heavy atom.